The summed E-state index contributed by atoms with van der Waals surface area (Å²) < 4.78 is 5.80. The zero-order valence-electron chi connectivity index (χ0n) is 12.8. The Labute approximate surface area is 117 Å². The molecule has 0 aromatic rings. The molecule has 19 heavy (non-hydrogen) atoms. The monoisotopic (exact) mass is 270 g/mol. The quantitative estimate of drug-likeness (QED) is 0.734. The van der Waals surface area contributed by atoms with Gasteiger partial charge in [0, 0.05) is 26.2 Å². The number of nitrogens with zero attached hydrogens (tertiary/aromatic N) is 1. The van der Waals surface area contributed by atoms with Crippen molar-refractivity contribution >= 4 is 5.91 Å². The first kappa shape index (κ1) is 16.4. The molecule has 0 aromatic heterocycles. The number of hydrogen-bond donors (Lipinski definition) is 1. The number of rotatable bonds is 8. The van der Waals surface area contributed by atoms with Gasteiger partial charge in [0.15, 0.2) is 0 Å². The molecule has 4 heteroatoms. The second-order valence-electron chi connectivity index (χ2n) is 5.47. The third-order valence-electron chi connectivity index (χ3n) is 3.90. The Kier molecular flexibility index (Phi) is 8.07. The van der Waals surface area contributed by atoms with Gasteiger partial charge in [0.05, 0.1) is 6.61 Å². The van der Waals surface area contributed by atoms with Gasteiger partial charge in [-0.3, -0.25) is 4.79 Å². The van der Waals surface area contributed by atoms with E-state index in [0.29, 0.717) is 5.92 Å². The number of piperazine rings is 1. The molecule has 112 valence electrons. The highest BCUT2D eigenvalue weighted by Gasteiger charge is 2.23. The van der Waals surface area contributed by atoms with Gasteiger partial charge in [0.1, 0.15) is 6.10 Å². The standard InChI is InChI=1S/C15H30N2O2/c1-4-6-7-14(5-2)12-19-13(3)15(18)17-10-8-16-9-11-17/h13-14,16H,4-12H2,1-3H3. The lowest BCUT2D eigenvalue weighted by Gasteiger charge is -2.30. The first-order valence-electron chi connectivity index (χ1n) is 7.80. The van der Waals surface area contributed by atoms with Gasteiger partial charge in [-0.25, -0.2) is 0 Å². The maximum absolute atomic E-state index is 12.2. The first-order valence-corrected chi connectivity index (χ1v) is 7.80. The van der Waals surface area contributed by atoms with Gasteiger partial charge < -0.3 is 15.0 Å². The van der Waals surface area contributed by atoms with E-state index in [2.05, 4.69) is 19.2 Å². The molecule has 1 N–H and O–H groups in total. The van der Waals surface area contributed by atoms with Crippen LogP contribution in [-0.4, -0.2) is 49.7 Å². The van der Waals surface area contributed by atoms with Crippen LogP contribution >= 0.6 is 0 Å². The minimum Gasteiger partial charge on any atom is -0.368 e. The Morgan fingerprint density at radius 1 is 1.32 bits per heavy atom. The summed E-state index contributed by atoms with van der Waals surface area (Å²) in [7, 11) is 0. The number of carbonyl (C=O) groups is 1. The van der Waals surface area contributed by atoms with Crippen LogP contribution in [0.4, 0.5) is 0 Å². The molecule has 2 unspecified atom stereocenters. The van der Waals surface area contributed by atoms with Crippen molar-refractivity contribution in [3.63, 3.8) is 0 Å². The van der Waals surface area contributed by atoms with Gasteiger partial charge in [0.2, 0.25) is 0 Å². The van der Waals surface area contributed by atoms with E-state index in [9.17, 15) is 4.79 Å². The van der Waals surface area contributed by atoms with Crippen LogP contribution in [0.1, 0.15) is 46.5 Å². The summed E-state index contributed by atoms with van der Waals surface area (Å²) in [5.41, 5.74) is 0. The van der Waals surface area contributed by atoms with E-state index in [-0.39, 0.29) is 12.0 Å². The minimum atomic E-state index is -0.297. The Hall–Kier alpha value is -0.610. The Bertz CT molecular complexity index is 253. The molecule has 0 spiro atoms. The van der Waals surface area contributed by atoms with Crippen molar-refractivity contribution in [2.75, 3.05) is 32.8 Å². The summed E-state index contributed by atoms with van der Waals surface area (Å²) in [5.74, 6) is 0.741. The van der Waals surface area contributed by atoms with E-state index in [0.717, 1.165) is 39.2 Å². The summed E-state index contributed by atoms with van der Waals surface area (Å²) in [4.78, 5) is 14.1. The van der Waals surface area contributed by atoms with E-state index < -0.39 is 0 Å². The summed E-state index contributed by atoms with van der Waals surface area (Å²) in [6.07, 6.45) is 4.53. The van der Waals surface area contributed by atoms with Gasteiger partial charge in [-0.2, -0.15) is 0 Å². The molecule has 1 aliphatic heterocycles. The highest BCUT2D eigenvalue weighted by molar-refractivity contribution is 5.80. The molecule has 1 aliphatic rings. The van der Waals surface area contributed by atoms with Gasteiger partial charge in [0.25, 0.3) is 5.91 Å². The maximum atomic E-state index is 12.2. The van der Waals surface area contributed by atoms with Crippen LogP contribution < -0.4 is 5.32 Å². The lowest BCUT2D eigenvalue weighted by atomic mass is 10.0. The third kappa shape index (κ3) is 5.91. The lowest BCUT2D eigenvalue weighted by molar-refractivity contribution is -0.144. The average molecular weight is 270 g/mol. The Morgan fingerprint density at radius 2 is 2.00 bits per heavy atom. The van der Waals surface area contributed by atoms with Gasteiger partial charge >= 0.3 is 0 Å². The zero-order chi connectivity index (χ0) is 14.1. The molecular formula is C15H30N2O2. The fourth-order valence-electron chi connectivity index (χ4n) is 2.39. The second-order valence-corrected chi connectivity index (χ2v) is 5.47. The number of amides is 1. The molecule has 0 saturated carbocycles. The van der Waals surface area contributed by atoms with Gasteiger partial charge in [-0.15, -0.1) is 0 Å². The van der Waals surface area contributed by atoms with Crippen molar-refractivity contribution in [1.82, 2.24) is 10.2 Å². The fourth-order valence-corrected chi connectivity index (χ4v) is 2.39. The fraction of sp³-hybridized carbons (Fsp3) is 0.933. The summed E-state index contributed by atoms with van der Waals surface area (Å²) >= 11 is 0. The number of hydrogen-bond acceptors (Lipinski definition) is 3. The number of unbranched alkanes of at least 4 members (excludes halogenated alkanes) is 1. The minimum absolute atomic E-state index is 0.145. The van der Waals surface area contributed by atoms with Crippen molar-refractivity contribution in [3.8, 4) is 0 Å². The highest BCUT2D eigenvalue weighted by Crippen LogP contribution is 2.14. The van der Waals surface area contributed by atoms with Crippen LogP contribution in [0.25, 0.3) is 0 Å². The lowest BCUT2D eigenvalue weighted by Crippen LogP contribution is -2.49. The molecule has 1 heterocycles. The van der Waals surface area contributed by atoms with E-state index in [1.54, 1.807) is 0 Å². The molecular weight excluding hydrogens is 240 g/mol. The van der Waals surface area contributed by atoms with Crippen LogP contribution in [0.5, 0.6) is 0 Å². The summed E-state index contributed by atoms with van der Waals surface area (Å²) in [6.45, 7) is 10.4. The molecule has 1 rings (SSSR count). The SMILES string of the molecule is CCCCC(CC)COC(C)C(=O)N1CCNCC1. The normalized spacial score (nSPS) is 19.2. The molecule has 1 amide bonds. The van der Waals surface area contributed by atoms with Crippen molar-refractivity contribution in [2.45, 2.75) is 52.6 Å². The molecule has 0 bridgehead atoms. The molecule has 1 fully saturated rings. The second kappa shape index (κ2) is 9.32. The average Bonchev–Trinajstić information content (AvgIpc) is 2.47. The van der Waals surface area contributed by atoms with Crippen LogP contribution in [0.15, 0.2) is 0 Å². The number of carbonyl (C=O) groups excluding carboxylic acids is 1. The number of ether oxygens (including phenoxy) is 1. The number of nitrogens with one attached hydrogen (secondary N) is 1. The summed E-state index contributed by atoms with van der Waals surface area (Å²) in [5, 5.41) is 3.26. The third-order valence-corrected chi connectivity index (χ3v) is 3.90. The van der Waals surface area contributed by atoms with E-state index in [1.165, 1.54) is 19.3 Å². The van der Waals surface area contributed by atoms with Crippen LogP contribution in [0.2, 0.25) is 0 Å². The Morgan fingerprint density at radius 3 is 2.58 bits per heavy atom. The van der Waals surface area contributed by atoms with Crippen molar-refractivity contribution in [3.05, 3.63) is 0 Å². The van der Waals surface area contributed by atoms with Gasteiger partial charge in [-0.1, -0.05) is 33.1 Å². The van der Waals surface area contributed by atoms with Crippen LogP contribution in [0.3, 0.4) is 0 Å². The van der Waals surface area contributed by atoms with Crippen LogP contribution in [0, 0.1) is 5.92 Å². The molecule has 0 aromatic carbocycles. The van der Waals surface area contributed by atoms with E-state index in [1.807, 2.05) is 11.8 Å². The van der Waals surface area contributed by atoms with Crippen LogP contribution in [-0.2, 0) is 9.53 Å². The van der Waals surface area contributed by atoms with E-state index >= 15 is 0 Å². The first-order chi connectivity index (χ1) is 9.19. The highest BCUT2D eigenvalue weighted by atomic mass is 16.5. The van der Waals surface area contributed by atoms with E-state index in [4.69, 9.17) is 4.74 Å². The maximum Gasteiger partial charge on any atom is 0.251 e. The molecule has 0 radical (unpaired) electrons. The molecule has 4 nitrogen and oxygen atoms in total. The van der Waals surface area contributed by atoms with Crippen molar-refractivity contribution in [1.29, 1.82) is 0 Å². The molecule has 0 aliphatic carbocycles. The van der Waals surface area contributed by atoms with Gasteiger partial charge in [-0.05, 0) is 19.3 Å². The largest absolute Gasteiger partial charge is 0.368 e. The predicted octanol–water partition coefficient (Wildman–Crippen LogP) is 2.04. The van der Waals surface area contributed by atoms with Crippen molar-refractivity contribution in [2.24, 2.45) is 5.92 Å². The topological polar surface area (TPSA) is 41.6 Å². The smallest absolute Gasteiger partial charge is 0.251 e. The molecule has 1 saturated heterocycles. The predicted molar refractivity (Wildman–Crippen MR) is 78.2 cm³/mol. The summed E-state index contributed by atoms with van der Waals surface area (Å²) in [6, 6.07) is 0. The zero-order valence-corrected chi connectivity index (χ0v) is 12.8. The Balaban J connectivity index is 2.28. The van der Waals surface area contributed by atoms with Crippen molar-refractivity contribution < 1.29 is 9.53 Å². The molecule has 2 atom stereocenters.